The number of hydrogen-bond donors (Lipinski definition) is 2. The Morgan fingerprint density at radius 1 is 0.778 bits per heavy atom. The Hall–Kier alpha value is -2.36. The van der Waals surface area contributed by atoms with Crippen LogP contribution in [-0.2, 0) is 0 Å². The van der Waals surface area contributed by atoms with E-state index >= 15 is 0 Å². The average Bonchev–Trinajstić information content (AvgIpc) is 2.41. The topological polar surface area (TPSA) is 70.5 Å². The third kappa shape index (κ3) is 4.25. The second-order valence-electron chi connectivity index (χ2n) is 3.52. The van der Waals surface area contributed by atoms with Gasteiger partial charge in [-0.25, -0.2) is 0 Å². The molecule has 0 atom stereocenters. The van der Waals surface area contributed by atoms with Gasteiger partial charge in [0.25, 0.3) is 0 Å². The summed E-state index contributed by atoms with van der Waals surface area (Å²) in [5.41, 5.74) is 12.4. The van der Waals surface area contributed by atoms with Crippen LogP contribution < -0.4 is 20.9 Å². The Balaban J connectivity index is 0.000000180. The lowest BCUT2D eigenvalue weighted by atomic mass is 10.3. The van der Waals surface area contributed by atoms with Crippen molar-refractivity contribution in [1.82, 2.24) is 0 Å². The zero-order chi connectivity index (χ0) is 13.4. The molecule has 0 radical (unpaired) electrons. The summed E-state index contributed by atoms with van der Waals surface area (Å²) in [6.45, 7) is 0. The van der Waals surface area contributed by atoms with Crippen LogP contribution in [0.15, 0.2) is 48.5 Å². The van der Waals surface area contributed by atoms with E-state index in [9.17, 15) is 0 Å². The second kappa shape index (κ2) is 7.06. The molecular formula is C14H18N2O2. The highest BCUT2D eigenvalue weighted by Gasteiger charge is 1.91. The van der Waals surface area contributed by atoms with Gasteiger partial charge in [-0.1, -0.05) is 12.1 Å². The summed E-state index contributed by atoms with van der Waals surface area (Å²) in [5.74, 6) is 1.57. The molecular weight excluding hydrogens is 228 g/mol. The van der Waals surface area contributed by atoms with E-state index in [-0.39, 0.29) is 0 Å². The first-order chi connectivity index (χ1) is 8.67. The van der Waals surface area contributed by atoms with E-state index in [0.29, 0.717) is 5.69 Å². The van der Waals surface area contributed by atoms with E-state index in [0.717, 1.165) is 17.2 Å². The zero-order valence-electron chi connectivity index (χ0n) is 10.6. The molecule has 0 spiro atoms. The van der Waals surface area contributed by atoms with Crippen LogP contribution in [0.25, 0.3) is 0 Å². The highest BCUT2D eigenvalue weighted by atomic mass is 16.5. The highest BCUT2D eigenvalue weighted by Crippen LogP contribution is 2.18. The van der Waals surface area contributed by atoms with Crippen molar-refractivity contribution in [3.8, 4) is 11.5 Å². The molecule has 4 nitrogen and oxygen atoms in total. The van der Waals surface area contributed by atoms with Gasteiger partial charge < -0.3 is 20.9 Å². The lowest BCUT2D eigenvalue weighted by Gasteiger charge is -2.00. The molecule has 4 heteroatoms. The van der Waals surface area contributed by atoms with Crippen LogP contribution >= 0.6 is 0 Å². The van der Waals surface area contributed by atoms with Crippen LogP contribution in [0.2, 0.25) is 0 Å². The number of para-hydroxylation sites is 2. The largest absolute Gasteiger partial charge is 0.497 e. The minimum absolute atomic E-state index is 0.681. The molecule has 0 aliphatic heterocycles. The predicted octanol–water partition coefficient (Wildman–Crippen LogP) is 2.55. The predicted molar refractivity (Wildman–Crippen MR) is 74.8 cm³/mol. The summed E-state index contributed by atoms with van der Waals surface area (Å²) >= 11 is 0. The van der Waals surface area contributed by atoms with E-state index in [1.54, 1.807) is 32.4 Å². The van der Waals surface area contributed by atoms with Crippen molar-refractivity contribution < 1.29 is 9.47 Å². The Morgan fingerprint density at radius 3 is 1.83 bits per heavy atom. The Labute approximate surface area is 107 Å². The van der Waals surface area contributed by atoms with Crippen molar-refractivity contribution in [2.24, 2.45) is 0 Å². The Bertz CT molecular complexity index is 469. The third-order valence-corrected chi connectivity index (χ3v) is 2.25. The molecule has 0 fully saturated rings. The molecule has 2 aromatic rings. The highest BCUT2D eigenvalue weighted by molar-refractivity contribution is 5.51. The quantitative estimate of drug-likeness (QED) is 0.799. The maximum absolute atomic E-state index is 5.51. The van der Waals surface area contributed by atoms with E-state index in [2.05, 4.69) is 0 Å². The van der Waals surface area contributed by atoms with E-state index in [1.807, 2.05) is 30.3 Å². The first-order valence-corrected chi connectivity index (χ1v) is 5.45. The van der Waals surface area contributed by atoms with Crippen LogP contribution in [0.3, 0.4) is 0 Å². The number of benzene rings is 2. The van der Waals surface area contributed by atoms with Gasteiger partial charge in [0.2, 0.25) is 0 Å². The van der Waals surface area contributed by atoms with Crippen molar-refractivity contribution >= 4 is 11.4 Å². The summed E-state index contributed by atoms with van der Waals surface area (Å²) in [7, 11) is 3.23. The number of ether oxygens (including phenoxy) is 2. The lowest BCUT2D eigenvalue weighted by molar-refractivity contribution is 0.415. The molecule has 4 N–H and O–H groups in total. The number of nitrogen functional groups attached to an aromatic ring is 2. The summed E-state index contributed by atoms with van der Waals surface area (Å²) in [6, 6.07) is 14.7. The monoisotopic (exact) mass is 246 g/mol. The molecule has 0 saturated heterocycles. The molecule has 0 saturated carbocycles. The normalized spacial score (nSPS) is 9.00. The zero-order valence-corrected chi connectivity index (χ0v) is 10.6. The van der Waals surface area contributed by atoms with Gasteiger partial charge in [0.1, 0.15) is 11.5 Å². The van der Waals surface area contributed by atoms with E-state index in [4.69, 9.17) is 20.9 Å². The fourth-order valence-corrected chi connectivity index (χ4v) is 1.27. The standard InChI is InChI=1S/2C7H9NO/c1-9-7-4-2-6(8)3-5-7;1-9-7-5-3-2-4-6(7)8/h2*2-5H,8H2,1H3. The molecule has 2 aromatic carbocycles. The Morgan fingerprint density at radius 2 is 1.39 bits per heavy atom. The molecule has 18 heavy (non-hydrogen) atoms. The number of nitrogens with two attached hydrogens (primary N) is 2. The fraction of sp³-hybridized carbons (Fsp3) is 0.143. The summed E-state index contributed by atoms with van der Waals surface area (Å²) in [5, 5.41) is 0. The van der Waals surface area contributed by atoms with Crippen LogP contribution in [0, 0.1) is 0 Å². The maximum Gasteiger partial charge on any atom is 0.141 e. The van der Waals surface area contributed by atoms with Gasteiger partial charge in [-0.2, -0.15) is 0 Å². The molecule has 0 unspecified atom stereocenters. The third-order valence-electron chi connectivity index (χ3n) is 2.25. The molecule has 2 rings (SSSR count). The first kappa shape index (κ1) is 13.7. The lowest BCUT2D eigenvalue weighted by Crippen LogP contribution is -1.89. The summed E-state index contributed by atoms with van der Waals surface area (Å²) in [6.07, 6.45) is 0. The molecule has 0 aromatic heterocycles. The molecule has 0 heterocycles. The number of methoxy groups -OCH3 is 2. The average molecular weight is 246 g/mol. The van der Waals surface area contributed by atoms with Crippen LogP contribution in [-0.4, -0.2) is 14.2 Å². The number of hydrogen-bond acceptors (Lipinski definition) is 4. The summed E-state index contributed by atoms with van der Waals surface area (Å²) in [4.78, 5) is 0. The van der Waals surface area contributed by atoms with Crippen LogP contribution in [0.1, 0.15) is 0 Å². The molecule has 0 aliphatic carbocycles. The van der Waals surface area contributed by atoms with E-state index in [1.165, 1.54) is 0 Å². The van der Waals surface area contributed by atoms with Crippen molar-refractivity contribution in [2.45, 2.75) is 0 Å². The number of anilines is 2. The van der Waals surface area contributed by atoms with Crippen LogP contribution in [0.4, 0.5) is 11.4 Å². The van der Waals surface area contributed by atoms with Gasteiger partial charge >= 0.3 is 0 Å². The number of rotatable bonds is 2. The first-order valence-electron chi connectivity index (χ1n) is 5.45. The van der Waals surface area contributed by atoms with Crippen molar-refractivity contribution in [3.63, 3.8) is 0 Å². The smallest absolute Gasteiger partial charge is 0.141 e. The van der Waals surface area contributed by atoms with Crippen molar-refractivity contribution in [1.29, 1.82) is 0 Å². The van der Waals surface area contributed by atoms with Gasteiger partial charge in [-0.15, -0.1) is 0 Å². The molecule has 0 bridgehead atoms. The van der Waals surface area contributed by atoms with Gasteiger partial charge in [0.15, 0.2) is 0 Å². The maximum atomic E-state index is 5.51. The SMILES string of the molecule is COc1ccc(N)cc1.COc1ccccc1N. The minimum Gasteiger partial charge on any atom is -0.497 e. The van der Waals surface area contributed by atoms with Gasteiger partial charge in [0.05, 0.1) is 19.9 Å². The van der Waals surface area contributed by atoms with Crippen molar-refractivity contribution in [2.75, 3.05) is 25.7 Å². The minimum atomic E-state index is 0.681. The van der Waals surface area contributed by atoms with E-state index < -0.39 is 0 Å². The fourth-order valence-electron chi connectivity index (χ4n) is 1.27. The van der Waals surface area contributed by atoms with Gasteiger partial charge in [-0.05, 0) is 36.4 Å². The van der Waals surface area contributed by atoms with Gasteiger partial charge in [-0.3, -0.25) is 0 Å². The molecule has 96 valence electrons. The Kier molecular flexibility index (Phi) is 5.38. The van der Waals surface area contributed by atoms with Gasteiger partial charge in [0, 0.05) is 5.69 Å². The molecule has 0 aliphatic rings. The second-order valence-corrected chi connectivity index (χ2v) is 3.52. The van der Waals surface area contributed by atoms with Crippen LogP contribution in [0.5, 0.6) is 11.5 Å². The summed E-state index contributed by atoms with van der Waals surface area (Å²) < 4.78 is 9.83. The molecule has 0 amide bonds. The van der Waals surface area contributed by atoms with Crippen molar-refractivity contribution in [3.05, 3.63) is 48.5 Å².